The summed E-state index contributed by atoms with van der Waals surface area (Å²) in [4.78, 5) is 14.8. The van der Waals surface area contributed by atoms with Gasteiger partial charge in [0.05, 0.1) is 9.88 Å². The lowest BCUT2D eigenvalue weighted by Gasteiger charge is -2.33. The van der Waals surface area contributed by atoms with Crippen LogP contribution in [-0.4, -0.2) is 18.6 Å². The molecule has 0 saturated carbocycles. The molecule has 1 atom stereocenters. The van der Waals surface area contributed by atoms with Crippen molar-refractivity contribution in [3.8, 4) is 0 Å². The Bertz CT molecular complexity index is 857. The van der Waals surface area contributed by atoms with Crippen molar-refractivity contribution >= 4 is 27.9 Å². The molecule has 7 heteroatoms. The summed E-state index contributed by atoms with van der Waals surface area (Å²) in [5.74, 6) is -0.304. The second-order valence-electron chi connectivity index (χ2n) is 6.39. The third-order valence-corrected chi connectivity index (χ3v) is 5.57. The number of carbonyl (C=O) groups is 1. The van der Waals surface area contributed by atoms with Crippen LogP contribution in [0.5, 0.6) is 0 Å². The van der Waals surface area contributed by atoms with Crippen LogP contribution in [0.25, 0.3) is 0 Å². The van der Waals surface area contributed by atoms with Crippen LogP contribution in [0.1, 0.15) is 36.0 Å². The first-order valence-corrected chi connectivity index (χ1v) is 9.03. The van der Waals surface area contributed by atoms with E-state index in [1.807, 2.05) is 25.1 Å². The number of amides is 1. The van der Waals surface area contributed by atoms with Crippen molar-refractivity contribution < 1.29 is 18.0 Å². The predicted octanol–water partition coefficient (Wildman–Crippen LogP) is 5.56. The molecule has 0 saturated heterocycles. The predicted molar refractivity (Wildman–Crippen MR) is 98.9 cm³/mol. The Hall–Kier alpha value is -2.28. The number of fused-ring (bicyclic) bond motifs is 1. The van der Waals surface area contributed by atoms with E-state index in [-0.39, 0.29) is 16.3 Å². The number of rotatable bonds is 3. The van der Waals surface area contributed by atoms with Gasteiger partial charge in [0, 0.05) is 23.5 Å². The number of carbonyl (C=O) groups excluding carboxylic acids is 1. The molecule has 1 aromatic heterocycles. The van der Waals surface area contributed by atoms with Gasteiger partial charge in [-0.2, -0.15) is 13.2 Å². The molecular weight excluding hydrogens is 361 g/mol. The fraction of sp³-hybridized carbons (Fsp3) is 0.316. The summed E-state index contributed by atoms with van der Waals surface area (Å²) in [6.07, 6.45) is -3.28. The van der Waals surface area contributed by atoms with Crippen molar-refractivity contribution in [3.63, 3.8) is 0 Å². The zero-order valence-corrected chi connectivity index (χ0v) is 15.5. The van der Waals surface area contributed by atoms with E-state index in [0.29, 0.717) is 22.9 Å². The van der Waals surface area contributed by atoms with Gasteiger partial charge >= 0.3 is 6.18 Å². The molecule has 1 aliphatic rings. The molecule has 138 valence electrons. The van der Waals surface area contributed by atoms with Gasteiger partial charge in [-0.05, 0) is 45.0 Å². The summed E-state index contributed by atoms with van der Waals surface area (Å²) in [5.41, 5.74) is -0.884. The number of benzene rings is 1. The van der Waals surface area contributed by atoms with Crippen molar-refractivity contribution in [1.29, 1.82) is 0 Å². The molecule has 1 amide bonds. The maximum atomic E-state index is 13.7. The largest absolute Gasteiger partial charge is 0.401 e. The van der Waals surface area contributed by atoms with Crippen LogP contribution in [0.3, 0.4) is 0 Å². The lowest BCUT2D eigenvalue weighted by atomic mass is 9.80. The van der Waals surface area contributed by atoms with E-state index in [1.165, 1.54) is 12.1 Å². The van der Waals surface area contributed by atoms with E-state index in [9.17, 15) is 18.0 Å². The van der Waals surface area contributed by atoms with Crippen LogP contribution in [0.4, 0.5) is 23.9 Å². The number of thiophene rings is 1. The van der Waals surface area contributed by atoms with Crippen molar-refractivity contribution in [2.75, 3.05) is 16.8 Å². The summed E-state index contributed by atoms with van der Waals surface area (Å²) < 4.78 is 41.1. The van der Waals surface area contributed by atoms with Gasteiger partial charge in [-0.15, -0.1) is 11.3 Å². The van der Waals surface area contributed by atoms with Crippen molar-refractivity contribution in [1.82, 2.24) is 0 Å². The zero-order chi connectivity index (χ0) is 19.1. The molecular formula is C19H19F3N2OS. The lowest BCUT2D eigenvalue weighted by Crippen LogP contribution is -2.40. The van der Waals surface area contributed by atoms with Crippen LogP contribution >= 0.6 is 11.3 Å². The number of nitrogens with zero attached hydrogens (tertiary/aromatic N) is 1. The second-order valence-corrected chi connectivity index (χ2v) is 7.44. The molecule has 1 aromatic carbocycles. The molecule has 0 fully saturated rings. The van der Waals surface area contributed by atoms with Gasteiger partial charge < -0.3 is 10.2 Å². The number of alkyl halides is 3. The molecule has 26 heavy (non-hydrogen) atoms. The first-order chi connectivity index (χ1) is 12.2. The van der Waals surface area contributed by atoms with Gasteiger partial charge in [-0.25, -0.2) is 0 Å². The zero-order valence-electron chi connectivity index (χ0n) is 14.6. The fourth-order valence-corrected chi connectivity index (χ4v) is 4.31. The standard InChI is InChI=1S/C19H19F3N2OS/c1-4-24(13-8-6-5-7-9-13)17(25)15-10-14-16(26-15)23-12(2)11-18(14,3)19(20,21)22/h5-11,23H,4H2,1-3H3. The molecule has 0 aliphatic carbocycles. The molecule has 3 rings (SSSR count). The summed E-state index contributed by atoms with van der Waals surface area (Å²) in [5, 5.41) is 3.34. The highest BCUT2D eigenvalue weighted by Crippen LogP contribution is 2.50. The average molecular weight is 380 g/mol. The molecule has 2 heterocycles. The number of para-hydroxylation sites is 1. The number of hydrogen-bond donors (Lipinski definition) is 1. The number of allylic oxidation sites excluding steroid dienone is 2. The highest BCUT2D eigenvalue weighted by molar-refractivity contribution is 7.18. The van der Waals surface area contributed by atoms with Crippen molar-refractivity contribution in [3.05, 3.63) is 58.6 Å². The third kappa shape index (κ3) is 3.00. The quantitative estimate of drug-likeness (QED) is 0.756. The molecule has 1 aliphatic heterocycles. The SMILES string of the molecule is CCN(C(=O)c1cc2c(s1)NC(C)=CC2(C)C(F)(F)F)c1ccccc1. The van der Waals surface area contributed by atoms with Crippen LogP contribution in [0.15, 0.2) is 48.2 Å². The number of nitrogens with one attached hydrogen (secondary N) is 1. The first-order valence-electron chi connectivity index (χ1n) is 8.22. The minimum Gasteiger partial charge on any atom is -0.351 e. The molecule has 0 spiro atoms. The summed E-state index contributed by atoms with van der Waals surface area (Å²) in [7, 11) is 0. The Balaban J connectivity index is 2.03. The second kappa shape index (κ2) is 6.46. The van der Waals surface area contributed by atoms with Gasteiger partial charge in [0.15, 0.2) is 0 Å². The van der Waals surface area contributed by atoms with Crippen LogP contribution in [0, 0.1) is 0 Å². The van der Waals surface area contributed by atoms with Crippen molar-refractivity contribution in [2.24, 2.45) is 0 Å². The number of hydrogen-bond acceptors (Lipinski definition) is 3. The highest BCUT2D eigenvalue weighted by atomic mass is 32.1. The first kappa shape index (κ1) is 18.5. The summed E-state index contributed by atoms with van der Waals surface area (Å²) in [6.45, 7) is 5.00. The fourth-order valence-electron chi connectivity index (χ4n) is 3.12. The Morgan fingerprint density at radius 2 is 1.92 bits per heavy atom. The van der Waals surface area contributed by atoms with Crippen LogP contribution < -0.4 is 10.2 Å². The van der Waals surface area contributed by atoms with Gasteiger partial charge in [-0.3, -0.25) is 4.79 Å². The maximum Gasteiger partial charge on any atom is 0.401 e. The molecule has 1 unspecified atom stereocenters. The van der Waals surface area contributed by atoms with E-state index in [4.69, 9.17) is 0 Å². The van der Waals surface area contributed by atoms with Gasteiger partial charge in [0.1, 0.15) is 5.41 Å². The van der Waals surface area contributed by atoms with Gasteiger partial charge in [-0.1, -0.05) is 18.2 Å². The van der Waals surface area contributed by atoms with Crippen LogP contribution in [0.2, 0.25) is 0 Å². The maximum absolute atomic E-state index is 13.7. The summed E-state index contributed by atoms with van der Waals surface area (Å²) >= 11 is 1.06. The molecule has 2 aromatic rings. The monoisotopic (exact) mass is 380 g/mol. The van der Waals surface area contributed by atoms with E-state index in [1.54, 1.807) is 24.0 Å². The highest BCUT2D eigenvalue weighted by Gasteiger charge is 2.54. The number of anilines is 2. The smallest absolute Gasteiger partial charge is 0.351 e. The minimum absolute atomic E-state index is 0.0908. The number of halogens is 3. The Morgan fingerprint density at radius 1 is 1.27 bits per heavy atom. The molecule has 3 nitrogen and oxygen atoms in total. The van der Waals surface area contributed by atoms with E-state index < -0.39 is 11.6 Å². The third-order valence-electron chi connectivity index (χ3n) is 4.54. The van der Waals surface area contributed by atoms with E-state index in [2.05, 4.69) is 5.32 Å². The van der Waals surface area contributed by atoms with Crippen molar-refractivity contribution in [2.45, 2.75) is 32.4 Å². The van der Waals surface area contributed by atoms with Gasteiger partial charge in [0.25, 0.3) is 5.91 Å². The average Bonchev–Trinajstić information content (AvgIpc) is 3.00. The van der Waals surface area contributed by atoms with Gasteiger partial charge in [0.2, 0.25) is 0 Å². The Kier molecular flexibility index (Phi) is 4.60. The molecule has 1 N–H and O–H groups in total. The normalized spacial score (nSPS) is 19.4. The molecule has 0 radical (unpaired) electrons. The summed E-state index contributed by atoms with van der Waals surface area (Å²) in [6, 6.07) is 10.5. The topological polar surface area (TPSA) is 32.3 Å². The van der Waals surface area contributed by atoms with E-state index >= 15 is 0 Å². The van der Waals surface area contributed by atoms with E-state index in [0.717, 1.165) is 18.3 Å². The lowest BCUT2D eigenvalue weighted by molar-refractivity contribution is -0.171. The molecule has 0 bridgehead atoms. The Labute approximate surface area is 154 Å². The Morgan fingerprint density at radius 3 is 2.50 bits per heavy atom. The minimum atomic E-state index is -4.45. The van der Waals surface area contributed by atoms with Crippen LogP contribution in [-0.2, 0) is 5.41 Å².